The third-order valence-corrected chi connectivity index (χ3v) is 3.52. The summed E-state index contributed by atoms with van der Waals surface area (Å²) < 4.78 is 0. The van der Waals surface area contributed by atoms with Crippen LogP contribution >= 0.6 is 11.8 Å². The minimum Gasteiger partial charge on any atom is -0.476 e. The van der Waals surface area contributed by atoms with Crippen molar-refractivity contribution in [3.8, 4) is 0 Å². The average molecular weight is 283 g/mol. The Bertz CT molecular complexity index is 438. The molecule has 0 bridgehead atoms. The van der Waals surface area contributed by atoms with Crippen molar-refractivity contribution in [2.45, 2.75) is 26.7 Å². The molecule has 0 aliphatic rings. The van der Waals surface area contributed by atoms with Gasteiger partial charge in [0.05, 0.1) is 11.9 Å². The molecule has 1 unspecified atom stereocenters. The maximum absolute atomic E-state index is 11.2. The number of aromatic nitrogens is 2. The number of hydrogen-bond donors (Lipinski definition) is 2. The highest BCUT2D eigenvalue weighted by Gasteiger charge is 2.15. The zero-order chi connectivity index (χ0) is 14.4. The lowest BCUT2D eigenvalue weighted by molar-refractivity contribution is 0.0691. The van der Waals surface area contributed by atoms with Crippen LogP contribution in [0, 0.1) is 5.92 Å². The van der Waals surface area contributed by atoms with E-state index in [0.717, 1.165) is 5.75 Å². The standard InChI is InChI=1S/C13H21N3O2S/c1-8(2)12-15-6-10(11(16-12)13(17)18)14-5-9(3)7-19-4/h6,8-9,14H,5,7H2,1-4H3,(H,17,18). The van der Waals surface area contributed by atoms with Gasteiger partial charge in [-0.05, 0) is 17.9 Å². The van der Waals surface area contributed by atoms with E-state index in [2.05, 4.69) is 28.5 Å². The molecule has 106 valence electrons. The number of rotatable bonds is 7. The van der Waals surface area contributed by atoms with Gasteiger partial charge in [0.15, 0.2) is 5.69 Å². The average Bonchev–Trinajstić information content (AvgIpc) is 2.36. The first-order valence-corrected chi connectivity index (χ1v) is 7.68. The van der Waals surface area contributed by atoms with E-state index in [-0.39, 0.29) is 11.6 Å². The fourth-order valence-electron chi connectivity index (χ4n) is 1.59. The molecule has 0 spiro atoms. The molecular formula is C13H21N3O2S. The predicted molar refractivity (Wildman–Crippen MR) is 79.1 cm³/mol. The van der Waals surface area contributed by atoms with Crippen molar-refractivity contribution in [3.63, 3.8) is 0 Å². The number of thioether (sulfide) groups is 1. The van der Waals surface area contributed by atoms with Gasteiger partial charge in [-0.2, -0.15) is 11.8 Å². The van der Waals surface area contributed by atoms with E-state index in [0.29, 0.717) is 24.0 Å². The van der Waals surface area contributed by atoms with Crippen molar-refractivity contribution in [2.24, 2.45) is 5.92 Å². The molecule has 0 saturated heterocycles. The summed E-state index contributed by atoms with van der Waals surface area (Å²) in [6.07, 6.45) is 3.62. The quantitative estimate of drug-likeness (QED) is 0.801. The van der Waals surface area contributed by atoms with Crippen LogP contribution in [0.25, 0.3) is 0 Å². The summed E-state index contributed by atoms with van der Waals surface area (Å²) in [6.45, 7) is 6.71. The first-order valence-electron chi connectivity index (χ1n) is 6.28. The molecule has 0 saturated carbocycles. The molecule has 1 heterocycles. The van der Waals surface area contributed by atoms with Crippen molar-refractivity contribution in [2.75, 3.05) is 23.9 Å². The first-order chi connectivity index (χ1) is 8.95. The van der Waals surface area contributed by atoms with Crippen LogP contribution in [0.15, 0.2) is 6.20 Å². The fourth-order valence-corrected chi connectivity index (χ4v) is 2.28. The molecule has 0 aliphatic carbocycles. The number of carboxylic acids is 1. The molecular weight excluding hydrogens is 262 g/mol. The predicted octanol–water partition coefficient (Wildman–Crippen LogP) is 2.71. The van der Waals surface area contributed by atoms with E-state index >= 15 is 0 Å². The molecule has 1 rings (SSSR count). The van der Waals surface area contributed by atoms with Crippen LogP contribution in [0.4, 0.5) is 5.69 Å². The van der Waals surface area contributed by atoms with Crippen LogP contribution in [-0.2, 0) is 0 Å². The molecule has 5 nitrogen and oxygen atoms in total. The summed E-state index contributed by atoms with van der Waals surface area (Å²) in [6, 6.07) is 0. The Kier molecular flexibility index (Phi) is 6.08. The largest absolute Gasteiger partial charge is 0.476 e. The number of nitrogens with one attached hydrogen (secondary N) is 1. The molecule has 1 aromatic heterocycles. The molecule has 0 amide bonds. The third-order valence-electron chi connectivity index (χ3n) is 2.62. The van der Waals surface area contributed by atoms with Crippen molar-refractivity contribution in [1.82, 2.24) is 9.97 Å². The SMILES string of the molecule is CSCC(C)CNc1cnc(C(C)C)nc1C(=O)O. The van der Waals surface area contributed by atoms with E-state index in [1.54, 1.807) is 18.0 Å². The van der Waals surface area contributed by atoms with Gasteiger partial charge in [-0.1, -0.05) is 20.8 Å². The van der Waals surface area contributed by atoms with Crippen LogP contribution in [0.5, 0.6) is 0 Å². The monoisotopic (exact) mass is 283 g/mol. The topological polar surface area (TPSA) is 75.1 Å². The van der Waals surface area contributed by atoms with Crippen LogP contribution in [0.3, 0.4) is 0 Å². The number of nitrogens with zero attached hydrogens (tertiary/aromatic N) is 2. The Labute approximate surface area is 118 Å². The van der Waals surface area contributed by atoms with Gasteiger partial charge in [0.1, 0.15) is 5.82 Å². The van der Waals surface area contributed by atoms with Crippen molar-refractivity contribution in [3.05, 3.63) is 17.7 Å². The van der Waals surface area contributed by atoms with Crippen LogP contribution in [0.2, 0.25) is 0 Å². The highest BCUT2D eigenvalue weighted by atomic mass is 32.2. The van der Waals surface area contributed by atoms with Gasteiger partial charge >= 0.3 is 5.97 Å². The number of carboxylic acid groups (broad SMARTS) is 1. The Morgan fingerprint density at radius 1 is 1.47 bits per heavy atom. The zero-order valence-corrected chi connectivity index (χ0v) is 12.6. The number of hydrogen-bond acceptors (Lipinski definition) is 5. The van der Waals surface area contributed by atoms with E-state index in [1.165, 1.54) is 0 Å². The molecule has 19 heavy (non-hydrogen) atoms. The first kappa shape index (κ1) is 15.8. The Morgan fingerprint density at radius 2 is 2.16 bits per heavy atom. The lowest BCUT2D eigenvalue weighted by atomic mass is 10.2. The maximum Gasteiger partial charge on any atom is 0.356 e. The minimum atomic E-state index is -1.02. The van der Waals surface area contributed by atoms with Gasteiger partial charge in [-0.15, -0.1) is 0 Å². The van der Waals surface area contributed by atoms with Crippen molar-refractivity contribution < 1.29 is 9.90 Å². The second kappa shape index (κ2) is 7.33. The summed E-state index contributed by atoms with van der Waals surface area (Å²) in [4.78, 5) is 19.6. The third kappa shape index (κ3) is 4.70. The second-order valence-electron chi connectivity index (χ2n) is 4.89. The van der Waals surface area contributed by atoms with Crippen molar-refractivity contribution in [1.29, 1.82) is 0 Å². The minimum absolute atomic E-state index is 0.0510. The Morgan fingerprint density at radius 3 is 2.68 bits per heavy atom. The van der Waals surface area contributed by atoms with Gasteiger partial charge in [0, 0.05) is 12.5 Å². The Balaban J connectivity index is 2.85. The zero-order valence-electron chi connectivity index (χ0n) is 11.8. The van der Waals surface area contributed by atoms with Gasteiger partial charge in [0.2, 0.25) is 0 Å². The maximum atomic E-state index is 11.2. The van der Waals surface area contributed by atoms with Gasteiger partial charge < -0.3 is 10.4 Å². The van der Waals surface area contributed by atoms with Crippen LogP contribution in [-0.4, -0.2) is 39.6 Å². The summed E-state index contributed by atoms with van der Waals surface area (Å²) in [5.41, 5.74) is 0.542. The summed E-state index contributed by atoms with van der Waals surface area (Å²) in [5.74, 6) is 1.13. The molecule has 6 heteroatoms. The highest BCUT2D eigenvalue weighted by molar-refractivity contribution is 7.98. The smallest absolute Gasteiger partial charge is 0.356 e. The van der Waals surface area contributed by atoms with E-state index in [9.17, 15) is 9.90 Å². The number of carbonyl (C=O) groups is 1. The molecule has 2 N–H and O–H groups in total. The normalized spacial score (nSPS) is 12.5. The molecule has 0 radical (unpaired) electrons. The summed E-state index contributed by atoms with van der Waals surface area (Å²) in [7, 11) is 0. The van der Waals surface area contributed by atoms with Crippen LogP contribution < -0.4 is 5.32 Å². The molecule has 0 aromatic carbocycles. The summed E-state index contributed by atoms with van der Waals surface area (Å²) >= 11 is 1.77. The highest BCUT2D eigenvalue weighted by Crippen LogP contribution is 2.17. The lowest BCUT2D eigenvalue weighted by Crippen LogP contribution is -2.17. The van der Waals surface area contributed by atoms with Gasteiger partial charge in [-0.25, -0.2) is 14.8 Å². The van der Waals surface area contributed by atoms with E-state index in [1.807, 2.05) is 13.8 Å². The summed E-state index contributed by atoms with van der Waals surface area (Å²) in [5, 5.41) is 12.3. The van der Waals surface area contributed by atoms with Crippen LogP contribution in [0.1, 0.15) is 43.0 Å². The molecule has 1 atom stereocenters. The molecule has 0 aliphatic heterocycles. The Hall–Kier alpha value is -1.30. The van der Waals surface area contributed by atoms with Gasteiger partial charge in [0.25, 0.3) is 0 Å². The number of aromatic carboxylic acids is 1. The lowest BCUT2D eigenvalue weighted by Gasteiger charge is -2.14. The number of anilines is 1. The fraction of sp³-hybridized carbons (Fsp3) is 0.615. The van der Waals surface area contributed by atoms with E-state index < -0.39 is 5.97 Å². The van der Waals surface area contributed by atoms with E-state index in [4.69, 9.17) is 0 Å². The van der Waals surface area contributed by atoms with Crippen molar-refractivity contribution >= 4 is 23.4 Å². The molecule has 1 aromatic rings. The van der Waals surface area contributed by atoms with Gasteiger partial charge in [-0.3, -0.25) is 0 Å². The second-order valence-corrected chi connectivity index (χ2v) is 5.80. The molecule has 0 fully saturated rings.